The molecule has 96 valence electrons. The van der Waals surface area contributed by atoms with Crippen molar-refractivity contribution in [3.8, 4) is 0 Å². The Kier molecular flexibility index (Phi) is 5.89. The Morgan fingerprint density at radius 1 is 1.35 bits per heavy atom. The lowest BCUT2D eigenvalue weighted by Crippen LogP contribution is -2.07. The lowest BCUT2D eigenvalue weighted by molar-refractivity contribution is -0.118. The van der Waals surface area contributed by atoms with Crippen molar-refractivity contribution in [1.82, 2.24) is 9.78 Å². The number of ketones is 1. The molecule has 0 bridgehead atoms. The zero-order chi connectivity index (χ0) is 12.8. The number of rotatable bonds is 7. The zero-order valence-corrected chi connectivity index (χ0v) is 12.5. The fourth-order valence-electron chi connectivity index (χ4n) is 1.90. The first kappa shape index (κ1) is 14.4. The van der Waals surface area contributed by atoms with Crippen LogP contribution in [-0.2, 0) is 18.3 Å². The van der Waals surface area contributed by atoms with E-state index in [1.165, 1.54) is 12.8 Å². The highest BCUT2D eigenvalue weighted by molar-refractivity contribution is 9.10. The summed E-state index contributed by atoms with van der Waals surface area (Å²) in [6, 6.07) is 0. The van der Waals surface area contributed by atoms with Gasteiger partial charge in [-0.1, -0.05) is 26.2 Å². The number of hydrogen-bond donors (Lipinski definition) is 0. The van der Waals surface area contributed by atoms with Crippen LogP contribution in [-0.4, -0.2) is 15.6 Å². The predicted molar refractivity (Wildman–Crippen MR) is 73.1 cm³/mol. The number of carbonyl (C=O) groups excluding carboxylic acids is 1. The highest BCUT2D eigenvalue weighted by Gasteiger charge is 2.13. The second-order valence-electron chi connectivity index (χ2n) is 4.50. The van der Waals surface area contributed by atoms with Gasteiger partial charge in [0, 0.05) is 19.9 Å². The van der Waals surface area contributed by atoms with Gasteiger partial charge < -0.3 is 0 Å². The molecule has 0 amide bonds. The van der Waals surface area contributed by atoms with Crippen molar-refractivity contribution >= 4 is 21.7 Å². The van der Waals surface area contributed by atoms with Crippen LogP contribution in [0.15, 0.2) is 4.47 Å². The van der Waals surface area contributed by atoms with Crippen molar-refractivity contribution in [3.63, 3.8) is 0 Å². The summed E-state index contributed by atoms with van der Waals surface area (Å²) in [6.07, 6.45) is 5.79. The molecule has 0 saturated heterocycles. The number of halogens is 1. The first-order chi connectivity index (χ1) is 8.06. The number of aromatic nitrogens is 2. The fraction of sp³-hybridized carbons (Fsp3) is 0.692. The van der Waals surface area contributed by atoms with Crippen molar-refractivity contribution in [2.75, 3.05) is 0 Å². The summed E-state index contributed by atoms with van der Waals surface area (Å²) in [5.41, 5.74) is 1.93. The molecule has 1 rings (SSSR count). The van der Waals surface area contributed by atoms with E-state index in [0.717, 1.165) is 28.7 Å². The van der Waals surface area contributed by atoms with Crippen LogP contribution in [0.25, 0.3) is 0 Å². The van der Waals surface area contributed by atoms with E-state index in [-0.39, 0.29) is 0 Å². The van der Waals surface area contributed by atoms with Gasteiger partial charge in [0.25, 0.3) is 0 Å². The molecule has 3 nitrogen and oxygen atoms in total. The number of unbranched alkanes of at least 4 members (excludes halogenated alkanes) is 3. The van der Waals surface area contributed by atoms with Crippen LogP contribution >= 0.6 is 15.9 Å². The topological polar surface area (TPSA) is 34.9 Å². The van der Waals surface area contributed by atoms with Gasteiger partial charge in [0.15, 0.2) is 0 Å². The third-order valence-corrected chi connectivity index (χ3v) is 3.97. The van der Waals surface area contributed by atoms with E-state index in [1.807, 2.05) is 14.0 Å². The molecule has 1 aromatic rings. The maximum Gasteiger partial charge on any atom is 0.138 e. The summed E-state index contributed by atoms with van der Waals surface area (Å²) < 4.78 is 2.77. The molecule has 0 N–H and O–H groups in total. The predicted octanol–water partition coefficient (Wildman–Crippen LogP) is 3.57. The van der Waals surface area contributed by atoms with Gasteiger partial charge in [-0.05, 0) is 29.3 Å². The minimum atomic E-state index is 0.310. The van der Waals surface area contributed by atoms with Crippen LogP contribution in [0, 0.1) is 6.92 Å². The first-order valence-electron chi connectivity index (χ1n) is 6.26. The van der Waals surface area contributed by atoms with Gasteiger partial charge in [-0.3, -0.25) is 9.48 Å². The van der Waals surface area contributed by atoms with Crippen molar-refractivity contribution < 1.29 is 4.79 Å². The molecular weight excluding hydrogens is 280 g/mol. The lowest BCUT2D eigenvalue weighted by Gasteiger charge is -2.03. The standard InChI is InChI=1S/C13H21BrN2O/c1-4-5-6-7-8-11(17)9-12-13(14)10(2)15-16(12)3/h4-9H2,1-3H3. The SMILES string of the molecule is CCCCCCC(=O)Cc1c(Br)c(C)nn1C. The summed E-state index contributed by atoms with van der Waals surface area (Å²) in [7, 11) is 1.89. The van der Waals surface area contributed by atoms with Gasteiger partial charge in [0.1, 0.15) is 5.78 Å². The summed E-state index contributed by atoms with van der Waals surface area (Å²) in [5.74, 6) is 0.310. The summed E-state index contributed by atoms with van der Waals surface area (Å²) >= 11 is 3.49. The minimum absolute atomic E-state index is 0.310. The Morgan fingerprint density at radius 3 is 2.59 bits per heavy atom. The zero-order valence-electron chi connectivity index (χ0n) is 10.9. The molecular formula is C13H21BrN2O. The maximum atomic E-state index is 11.8. The van der Waals surface area contributed by atoms with E-state index in [4.69, 9.17) is 0 Å². The van der Waals surface area contributed by atoms with Crippen LogP contribution in [0.2, 0.25) is 0 Å². The molecule has 0 spiro atoms. The maximum absolute atomic E-state index is 11.8. The van der Waals surface area contributed by atoms with E-state index in [2.05, 4.69) is 28.0 Å². The average molecular weight is 301 g/mol. The molecule has 4 heteroatoms. The third-order valence-electron chi connectivity index (χ3n) is 2.94. The second kappa shape index (κ2) is 6.94. The van der Waals surface area contributed by atoms with Crippen molar-refractivity contribution in [2.24, 2.45) is 7.05 Å². The summed E-state index contributed by atoms with van der Waals surface area (Å²) in [4.78, 5) is 11.8. The van der Waals surface area contributed by atoms with Gasteiger partial charge in [0.05, 0.1) is 15.9 Å². The summed E-state index contributed by atoms with van der Waals surface area (Å²) in [5, 5.41) is 4.29. The number of Topliss-reactive ketones (excluding diaryl/α,β-unsaturated/α-hetero) is 1. The van der Waals surface area contributed by atoms with Crippen molar-refractivity contribution in [3.05, 3.63) is 15.9 Å². The Labute approximate surface area is 112 Å². The fourth-order valence-corrected chi connectivity index (χ4v) is 2.37. The largest absolute Gasteiger partial charge is 0.299 e. The molecule has 0 aliphatic rings. The smallest absolute Gasteiger partial charge is 0.138 e. The number of nitrogens with zero attached hydrogens (tertiary/aromatic N) is 2. The van der Waals surface area contributed by atoms with E-state index in [0.29, 0.717) is 18.6 Å². The Bertz CT molecular complexity index is 385. The van der Waals surface area contributed by atoms with Crippen LogP contribution < -0.4 is 0 Å². The summed E-state index contributed by atoms with van der Waals surface area (Å²) in [6.45, 7) is 4.12. The molecule has 0 unspecified atom stereocenters. The van der Waals surface area contributed by atoms with Gasteiger partial charge in [-0.2, -0.15) is 5.10 Å². The highest BCUT2D eigenvalue weighted by Crippen LogP contribution is 2.21. The molecule has 0 aromatic carbocycles. The number of hydrogen-bond acceptors (Lipinski definition) is 2. The minimum Gasteiger partial charge on any atom is -0.299 e. The molecule has 0 atom stereocenters. The molecule has 1 heterocycles. The molecule has 0 saturated carbocycles. The van der Waals surface area contributed by atoms with E-state index in [9.17, 15) is 4.79 Å². The molecule has 17 heavy (non-hydrogen) atoms. The number of carbonyl (C=O) groups is 1. The molecule has 0 aliphatic heterocycles. The van der Waals surface area contributed by atoms with Crippen LogP contribution in [0.1, 0.15) is 50.4 Å². The van der Waals surface area contributed by atoms with Gasteiger partial charge in [0.2, 0.25) is 0 Å². The van der Waals surface area contributed by atoms with E-state index < -0.39 is 0 Å². The monoisotopic (exact) mass is 300 g/mol. The normalized spacial score (nSPS) is 10.8. The highest BCUT2D eigenvalue weighted by atomic mass is 79.9. The first-order valence-corrected chi connectivity index (χ1v) is 7.05. The Hall–Kier alpha value is -0.640. The van der Waals surface area contributed by atoms with Crippen LogP contribution in [0.5, 0.6) is 0 Å². The van der Waals surface area contributed by atoms with Crippen LogP contribution in [0.3, 0.4) is 0 Å². The average Bonchev–Trinajstić information content (AvgIpc) is 2.52. The van der Waals surface area contributed by atoms with Crippen molar-refractivity contribution in [2.45, 2.75) is 52.4 Å². The van der Waals surface area contributed by atoms with Crippen molar-refractivity contribution in [1.29, 1.82) is 0 Å². The lowest BCUT2D eigenvalue weighted by atomic mass is 10.1. The molecule has 1 aromatic heterocycles. The Morgan fingerprint density at radius 2 is 2.06 bits per heavy atom. The molecule has 0 radical (unpaired) electrons. The van der Waals surface area contributed by atoms with E-state index in [1.54, 1.807) is 4.68 Å². The van der Waals surface area contributed by atoms with Gasteiger partial charge >= 0.3 is 0 Å². The van der Waals surface area contributed by atoms with Gasteiger partial charge in [-0.25, -0.2) is 0 Å². The number of aryl methyl sites for hydroxylation is 2. The molecule has 0 fully saturated rings. The Balaban J connectivity index is 2.45. The second-order valence-corrected chi connectivity index (χ2v) is 5.29. The third kappa shape index (κ3) is 4.26. The van der Waals surface area contributed by atoms with Crippen LogP contribution in [0.4, 0.5) is 0 Å². The van der Waals surface area contributed by atoms with E-state index >= 15 is 0 Å². The quantitative estimate of drug-likeness (QED) is 0.722. The van der Waals surface area contributed by atoms with Gasteiger partial charge in [-0.15, -0.1) is 0 Å². The molecule has 0 aliphatic carbocycles.